The molecule has 2 aliphatic heterocycles. The Morgan fingerprint density at radius 2 is 2.03 bits per heavy atom. The Labute approximate surface area is 201 Å². The Kier molecular flexibility index (Phi) is 7.60. The van der Waals surface area contributed by atoms with Crippen molar-refractivity contribution in [3.8, 4) is 17.5 Å². The van der Waals surface area contributed by atoms with Crippen molar-refractivity contribution >= 4 is 17.5 Å². The van der Waals surface area contributed by atoms with E-state index in [1.807, 2.05) is 31.2 Å². The van der Waals surface area contributed by atoms with Crippen molar-refractivity contribution in [1.29, 1.82) is 5.26 Å². The van der Waals surface area contributed by atoms with Crippen molar-refractivity contribution in [1.82, 2.24) is 20.2 Å². The molecule has 9 heteroatoms. The number of carbonyl (C=O) groups excluding carboxylic acids is 1. The van der Waals surface area contributed by atoms with Crippen LogP contribution in [0.4, 0.5) is 16.3 Å². The number of hydrogen-bond acceptors (Lipinski definition) is 7. The molecule has 2 amide bonds. The van der Waals surface area contributed by atoms with Crippen molar-refractivity contribution < 1.29 is 9.53 Å². The molecule has 9 nitrogen and oxygen atoms in total. The summed E-state index contributed by atoms with van der Waals surface area (Å²) in [6, 6.07) is 9.86. The van der Waals surface area contributed by atoms with Gasteiger partial charge < -0.3 is 20.3 Å². The number of rotatable bonds is 6. The van der Waals surface area contributed by atoms with E-state index in [1.165, 1.54) is 0 Å². The molecule has 1 fully saturated rings. The number of nitrogens with one attached hydrogen (secondary N) is 2. The minimum Gasteiger partial charge on any atom is -0.377 e. The number of anilines is 2. The van der Waals surface area contributed by atoms with Crippen LogP contribution < -0.4 is 15.5 Å². The molecule has 0 aliphatic carbocycles. The van der Waals surface area contributed by atoms with E-state index in [1.54, 1.807) is 0 Å². The monoisotopic (exact) mass is 463 g/mol. The van der Waals surface area contributed by atoms with Crippen LogP contribution in [-0.4, -0.2) is 66.3 Å². The van der Waals surface area contributed by atoms with Gasteiger partial charge in [-0.15, -0.1) is 0 Å². The van der Waals surface area contributed by atoms with Gasteiger partial charge in [0.15, 0.2) is 5.82 Å². The highest BCUT2D eigenvalue weighted by Crippen LogP contribution is 2.37. The Morgan fingerprint density at radius 1 is 1.24 bits per heavy atom. The van der Waals surface area contributed by atoms with Gasteiger partial charge >= 0.3 is 6.03 Å². The zero-order valence-corrected chi connectivity index (χ0v) is 20.2. The summed E-state index contributed by atoms with van der Waals surface area (Å²) in [5, 5.41) is 15.1. The molecule has 1 aromatic heterocycles. The molecule has 1 saturated heterocycles. The molecule has 2 aromatic rings. The van der Waals surface area contributed by atoms with Crippen LogP contribution in [0.2, 0.25) is 0 Å². The van der Waals surface area contributed by atoms with Gasteiger partial charge in [0.1, 0.15) is 5.82 Å². The van der Waals surface area contributed by atoms with Gasteiger partial charge in [0.25, 0.3) is 0 Å². The van der Waals surface area contributed by atoms with Gasteiger partial charge in [-0.25, -0.2) is 14.8 Å². The molecule has 0 radical (unpaired) electrons. The first-order chi connectivity index (χ1) is 16.5. The van der Waals surface area contributed by atoms with E-state index >= 15 is 0 Å². The smallest absolute Gasteiger partial charge is 0.319 e. The standard InChI is InChI=1S/C25H33N7O2/c1-4-27-25(33)28-19-8-6-18(7-9-19)23-29-22-20(11-13-31(5-2)21(22)10-12-26)24(30-23)32-14-15-34-16-17(32)3/h6-9,17,21H,4-5,10-11,13-16H2,1-3H3,(H2,27,28,33)/t17-,21?/m0/s1. The number of nitrogens with zero attached hydrogens (tertiary/aromatic N) is 5. The Hall–Kier alpha value is -3.22. The zero-order chi connectivity index (χ0) is 24.1. The van der Waals surface area contributed by atoms with Crippen LogP contribution in [0.3, 0.4) is 0 Å². The third-order valence-corrected chi connectivity index (χ3v) is 6.49. The third-order valence-electron chi connectivity index (χ3n) is 6.49. The first kappa shape index (κ1) is 23.9. The molecule has 1 unspecified atom stereocenters. The fourth-order valence-corrected chi connectivity index (χ4v) is 4.73. The van der Waals surface area contributed by atoms with E-state index in [0.29, 0.717) is 37.7 Å². The highest BCUT2D eigenvalue weighted by atomic mass is 16.5. The molecule has 0 spiro atoms. The maximum atomic E-state index is 11.8. The summed E-state index contributed by atoms with van der Waals surface area (Å²) < 4.78 is 5.67. The van der Waals surface area contributed by atoms with E-state index in [4.69, 9.17) is 14.7 Å². The summed E-state index contributed by atoms with van der Waals surface area (Å²) in [5.41, 5.74) is 3.68. The number of benzene rings is 1. The molecule has 1 aromatic carbocycles. The average Bonchev–Trinajstić information content (AvgIpc) is 2.85. The second kappa shape index (κ2) is 10.8. The summed E-state index contributed by atoms with van der Waals surface area (Å²) in [6.45, 7) is 10.6. The van der Waals surface area contributed by atoms with Gasteiger partial charge in [-0.1, -0.05) is 6.92 Å². The number of hydrogen-bond donors (Lipinski definition) is 2. The molecule has 4 rings (SSSR count). The summed E-state index contributed by atoms with van der Waals surface area (Å²) in [4.78, 5) is 26.6. The lowest BCUT2D eigenvalue weighted by Gasteiger charge is -2.40. The topological polar surface area (TPSA) is 106 Å². The van der Waals surface area contributed by atoms with E-state index in [-0.39, 0.29) is 18.1 Å². The number of ether oxygens (including phenoxy) is 1. The Bertz CT molecular complexity index is 1050. The van der Waals surface area contributed by atoms with E-state index in [9.17, 15) is 10.1 Å². The average molecular weight is 464 g/mol. The lowest BCUT2D eigenvalue weighted by atomic mass is 9.95. The first-order valence-corrected chi connectivity index (χ1v) is 12.1. The molecule has 0 bridgehead atoms. The normalized spacial score (nSPS) is 20.4. The summed E-state index contributed by atoms with van der Waals surface area (Å²) in [5.74, 6) is 1.59. The minimum atomic E-state index is -0.233. The lowest BCUT2D eigenvalue weighted by molar-refractivity contribution is 0.0982. The molecular formula is C25H33N7O2. The number of carbonyl (C=O) groups is 1. The number of amides is 2. The zero-order valence-electron chi connectivity index (χ0n) is 20.2. The lowest BCUT2D eigenvalue weighted by Crippen LogP contribution is -2.46. The number of likely N-dealkylation sites (N-methyl/N-ethyl adjacent to an activating group) is 1. The third kappa shape index (κ3) is 4.98. The highest BCUT2D eigenvalue weighted by molar-refractivity contribution is 5.89. The van der Waals surface area contributed by atoms with Crippen LogP contribution in [0.1, 0.15) is 44.5 Å². The summed E-state index contributed by atoms with van der Waals surface area (Å²) >= 11 is 0. The maximum absolute atomic E-state index is 11.8. The highest BCUT2D eigenvalue weighted by Gasteiger charge is 2.33. The largest absolute Gasteiger partial charge is 0.377 e. The van der Waals surface area contributed by atoms with E-state index < -0.39 is 0 Å². The first-order valence-electron chi connectivity index (χ1n) is 12.1. The molecule has 0 saturated carbocycles. The van der Waals surface area contributed by atoms with Crippen molar-refractivity contribution in [2.75, 3.05) is 49.6 Å². The predicted octanol–water partition coefficient (Wildman–Crippen LogP) is 3.34. The van der Waals surface area contributed by atoms with Crippen LogP contribution >= 0.6 is 0 Å². The van der Waals surface area contributed by atoms with Crippen molar-refractivity contribution in [3.05, 3.63) is 35.5 Å². The minimum absolute atomic E-state index is 0.0470. The van der Waals surface area contributed by atoms with Crippen molar-refractivity contribution in [2.24, 2.45) is 0 Å². The predicted molar refractivity (Wildman–Crippen MR) is 132 cm³/mol. The van der Waals surface area contributed by atoms with Crippen molar-refractivity contribution in [3.63, 3.8) is 0 Å². The quantitative estimate of drug-likeness (QED) is 0.677. The molecular weight excluding hydrogens is 430 g/mol. The summed E-state index contributed by atoms with van der Waals surface area (Å²) in [6.07, 6.45) is 1.25. The second-order valence-electron chi connectivity index (χ2n) is 8.67. The van der Waals surface area contributed by atoms with Gasteiger partial charge in [-0.2, -0.15) is 5.26 Å². The summed E-state index contributed by atoms with van der Waals surface area (Å²) in [7, 11) is 0. The number of urea groups is 1. The molecule has 34 heavy (non-hydrogen) atoms. The van der Waals surface area contributed by atoms with E-state index in [2.05, 4.69) is 40.4 Å². The van der Waals surface area contributed by atoms with Gasteiger partial charge in [0.05, 0.1) is 43.5 Å². The molecule has 2 atom stereocenters. The molecule has 2 aliphatic rings. The number of nitriles is 1. The number of fused-ring (bicyclic) bond motifs is 1. The number of aromatic nitrogens is 2. The fourth-order valence-electron chi connectivity index (χ4n) is 4.73. The molecule has 2 N–H and O–H groups in total. The van der Waals surface area contributed by atoms with Crippen LogP contribution in [0.15, 0.2) is 24.3 Å². The van der Waals surface area contributed by atoms with Gasteiger partial charge in [0, 0.05) is 36.4 Å². The van der Waals surface area contributed by atoms with Crippen LogP contribution in [0.5, 0.6) is 0 Å². The van der Waals surface area contributed by atoms with Gasteiger partial charge in [-0.3, -0.25) is 4.90 Å². The Balaban J connectivity index is 1.76. The second-order valence-corrected chi connectivity index (χ2v) is 8.67. The van der Waals surface area contributed by atoms with Gasteiger partial charge in [0.2, 0.25) is 0 Å². The van der Waals surface area contributed by atoms with Crippen LogP contribution in [0, 0.1) is 11.3 Å². The SMILES string of the molecule is CCNC(=O)Nc1ccc(-c2nc3c(c(N4CCOC[C@@H]4C)n2)CCN(CC)C3CC#N)cc1. The Morgan fingerprint density at radius 3 is 2.71 bits per heavy atom. The molecule has 180 valence electrons. The van der Waals surface area contributed by atoms with Crippen LogP contribution in [-0.2, 0) is 11.2 Å². The fraction of sp³-hybridized carbons (Fsp3) is 0.520. The van der Waals surface area contributed by atoms with Crippen LogP contribution in [0.25, 0.3) is 11.4 Å². The number of morpholine rings is 1. The molecule has 3 heterocycles. The van der Waals surface area contributed by atoms with E-state index in [0.717, 1.165) is 48.7 Å². The maximum Gasteiger partial charge on any atom is 0.319 e. The van der Waals surface area contributed by atoms with Gasteiger partial charge in [-0.05, 0) is 51.1 Å². The van der Waals surface area contributed by atoms with Crippen molar-refractivity contribution in [2.45, 2.75) is 45.7 Å².